The number of nitrogens with one attached hydrogen (secondary N) is 1. The number of amides is 1. The van der Waals surface area contributed by atoms with E-state index in [-0.39, 0.29) is 5.91 Å². The van der Waals surface area contributed by atoms with E-state index in [1.807, 2.05) is 54.6 Å². The molecule has 0 aliphatic carbocycles. The molecule has 0 atom stereocenters. The quantitative estimate of drug-likeness (QED) is 0.524. The zero-order valence-corrected chi connectivity index (χ0v) is 15.4. The molecule has 1 amide bonds. The molecule has 0 saturated heterocycles. The van der Waals surface area contributed by atoms with Crippen LogP contribution in [0.4, 0.5) is 5.69 Å². The first-order valence-electron chi connectivity index (χ1n) is 9.12. The Morgan fingerprint density at radius 3 is 2.04 bits per heavy atom. The molecule has 0 aliphatic rings. The van der Waals surface area contributed by atoms with Gasteiger partial charge >= 0.3 is 0 Å². The number of benzene rings is 3. The van der Waals surface area contributed by atoms with Crippen molar-refractivity contribution in [2.45, 2.75) is 13.3 Å². The number of hydrogen-bond acceptors (Lipinski definition) is 4. The van der Waals surface area contributed by atoms with Crippen LogP contribution in [0.2, 0.25) is 0 Å². The van der Waals surface area contributed by atoms with Gasteiger partial charge in [0.15, 0.2) is 0 Å². The zero-order chi connectivity index (χ0) is 19.3. The van der Waals surface area contributed by atoms with Crippen molar-refractivity contribution in [2.24, 2.45) is 0 Å². The van der Waals surface area contributed by atoms with Gasteiger partial charge in [0.1, 0.15) is 0 Å². The highest BCUT2D eigenvalue weighted by atomic mass is 16.4. The van der Waals surface area contributed by atoms with E-state index >= 15 is 0 Å². The first kappa shape index (κ1) is 17.7. The minimum absolute atomic E-state index is 0.161. The smallest absolute Gasteiger partial charge is 0.255 e. The second-order valence-corrected chi connectivity index (χ2v) is 6.36. The summed E-state index contributed by atoms with van der Waals surface area (Å²) in [5.74, 6) is 0.722. The van der Waals surface area contributed by atoms with E-state index in [4.69, 9.17) is 4.42 Å². The first-order chi connectivity index (χ1) is 13.7. The van der Waals surface area contributed by atoms with Crippen LogP contribution in [0.3, 0.4) is 0 Å². The fourth-order valence-electron chi connectivity index (χ4n) is 2.83. The summed E-state index contributed by atoms with van der Waals surface area (Å²) in [5, 5.41) is 11.1. The second-order valence-electron chi connectivity index (χ2n) is 6.36. The third-order valence-electron chi connectivity index (χ3n) is 4.46. The molecule has 5 heteroatoms. The molecule has 0 radical (unpaired) electrons. The lowest BCUT2D eigenvalue weighted by Crippen LogP contribution is -2.11. The van der Waals surface area contributed by atoms with Gasteiger partial charge in [-0.2, -0.15) is 0 Å². The summed E-state index contributed by atoms with van der Waals surface area (Å²) in [6.45, 7) is 2.10. The van der Waals surface area contributed by atoms with Gasteiger partial charge in [0.05, 0.1) is 0 Å². The van der Waals surface area contributed by atoms with Crippen molar-refractivity contribution in [1.29, 1.82) is 0 Å². The number of carbonyl (C=O) groups excluding carboxylic acids is 1. The fraction of sp³-hybridized carbons (Fsp3) is 0.0870. The molecule has 28 heavy (non-hydrogen) atoms. The Hall–Kier alpha value is -3.73. The van der Waals surface area contributed by atoms with E-state index < -0.39 is 0 Å². The van der Waals surface area contributed by atoms with Crippen molar-refractivity contribution >= 4 is 11.6 Å². The van der Waals surface area contributed by atoms with Crippen LogP contribution in [-0.2, 0) is 6.42 Å². The molecule has 0 spiro atoms. The van der Waals surface area contributed by atoms with Crippen LogP contribution in [0.1, 0.15) is 22.8 Å². The summed E-state index contributed by atoms with van der Waals surface area (Å²) in [6, 6.07) is 24.5. The third-order valence-corrected chi connectivity index (χ3v) is 4.46. The molecule has 5 nitrogen and oxygen atoms in total. The molecular formula is C23H19N3O2. The summed E-state index contributed by atoms with van der Waals surface area (Å²) < 4.78 is 5.75. The number of carbonyl (C=O) groups is 1. The van der Waals surface area contributed by atoms with Crippen LogP contribution in [-0.4, -0.2) is 16.1 Å². The van der Waals surface area contributed by atoms with Gasteiger partial charge < -0.3 is 9.73 Å². The SMILES string of the molecule is CCc1ccc(NC(=O)c2ccc(-c3nnc(-c4ccccc4)o3)cc2)cc1. The van der Waals surface area contributed by atoms with Crippen molar-refractivity contribution < 1.29 is 9.21 Å². The van der Waals surface area contributed by atoms with Gasteiger partial charge in [-0.25, -0.2) is 0 Å². The van der Waals surface area contributed by atoms with E-state index in [9.17, 15) is 4.79 Å². The lowest BCUT2D eigenvalue weighted by Gasteiger charge is -2.06. The molecule has 4 rings (SSSR count). The van der Waals surface area contributed by atoms with Gasteiger partial charge in [0.25, 0.3) is 5.91 Å². The number of nitrogens with zero attached hydrogens (tertiary/aromatic N) is 2. The van der Waals surface area contributed by atoms with Gasteiger partial charge in [-0.1, -0.05) is 37.3 Å². The number of anilines is 1. The highest BCUT2D eigenvalue weighted by molar-refractivity contribution is 6.04. The van der Waals surface area contributed by atoms with Crippen molar-refractivity contribution in [1.82, 2.24) is 10.2 Å². The Kier molecular flexibility index (Phi) is 4.97. The molecule has 0 unspecified atom stereocenters. The maximum atomic E-state index is 12.4. The lowest BCUT2D eigenvalue weighted by atomic mass is 10.1. The highest BCUT2D eigenvalue weighted by Crippen LogP contribution is 2.24. The normalized spacial score (nSPS) is 10.6. The van der Waals surface area contributed by atoms with Crippen molar-refractivity contribution in [3.8, 4) is 22.9 Å². The van der Waals surface area contributed by atoms with Gasteiger partial charge in [0, 0.05) is 22.4 Å². The predicted octanol–water partition coefficient (Wildman–Crippen LogP) is 5.22. The molecule has 0 fully saturated rings. The van der Waals surface area contributed by atoms with E-state index in [0.717, 1.165) is 23.2 Å². The molecule has 1 N–H and O–H groups in total. The number of hydrogen-bond donors (Lipinski definition) is 1. The van der Waals surface area contributed by atoms with Crippen LogP contribution >= 0.6 is 0 Å². The average molecular weight is 369 g/mol. The Labute approximate surface area is 163 Å². The monoisotopic (exact) mass is 369 g/mol. The minimum Gasteiger partial charge on any atom is -0.416 e. The van der Waals surface area contributed by atoms with Crippen LogP contribution < -0.4 is 5.32 Å². The summed E-state index contributed by atoms with van der Waals surface area (Å²) in [7, 11) is 0. The predicted molar refractivity (Wildman–Crippen MR) is 109 cm³/mol. The standard InChI is InChI=1S/C23H19N3O2/c1-2-16-8-14-20(15-9-16)24-21(27)17-10-12-19(13-11-17)23-26-25-22(28-23)18-6-4-3-5-7-18/h3-15H,2H2,1H3,(H,24,27). The molecular weight excluding hydrogens is 350 g/mol. The largest absolute Gasteiger partial charge is 0.416 e. The Morgan fingerprint density at radius 1 is 0.821 bits per heavy atom. The summed E-state index contributed by atoms with van der Waals surface area (Å²) in [4.78, 5) is 12.4. The third kappa shape index (κ3) is 3.83. The number of rotatable bonds is 5. The molecule has 1 heterocycles. The van der Waals surface area contributed by atoms with Crippen LogP contribution in [0.25, 0.3) is 22.9 Å². The Bertz CT molecular complexity index is 1070. The van der Waals surface area contributed by atoms with Gasteiger partial charge in [0.2, 0.25) is 11.8 Å². The topological polar surface area (TPSA) is 68.0 Å². The van der Waals surface area contributed by atoms with Crippen molar-refractivity contribution in [3.63, 3.8) is 0 Å². The van der Waals surface area contributed by atoms with Crippen LogP contribution in [0.15, 0.2) is 83.3 Å². The summed E-state index contributed by atoms with van der Waals surface area (Å²) in [5.41, 5.74) is 4.20. The molecule has 1 aromatic heterocycles. The number of aryl methyl sites for hydroxylation is 1. The highest BCUT2D eigenvalue weighted by Gasteiger charge is 2.12. The van der Waals surface area contributed by atoms with Crippen LogP contribution in [0, 0.1) is 0 Å². The molecule has 0 bridgehead atoms. The Morgan fingerprint density at radius 2 is 1.43 bits per heavy atom. The van der Waals surface area contributed by atoms with E-state index in [2.05, 4.69) is 22.4 Å². The summed E-state index contributed by atoms with van der Waals surface area (Å²) in [6.07, 6.45) is 0.970. The molecule has 0 saturated carbocycles. The molecule has 138 valence electrons. The first-order valence-corrected chi connectivity index (χ1v) is 9.12. The fourth-order valence-corrected chi connectivity index (χ4v) is 2.83. The van der Waals surface area contributed by atoms with Crippen molar-refractivity contribution in [3.05, 3.63) is 90.0 Å². The minimum atomic E-state index is -0.161. The Balaban J connectivity index is 1.47. The second kappa shape index (κ2) is 7.88. The zero-order valence-electron chi connectivity index (χ0n) is 15.4. The van der Waals surface area contributed by atoms with E-state index in [0.29, 0.717) is 17.3 Å². The van der Waals surface area contributed by atoms with E-state index in [1.165, 1.54) is 5.56 Å². The average Bonchev–Trinajstić information content (AvgIpc) is 3.25. The van der Waals surface area contributed by atoms with Gasteiger partial charge in [-0.15, -0.1) is 10.2 Å². The number of aromatic nitrogens is 2. The van der Waals surface area contributed by atoms with Gasteiger partial charge in [-0.3, -0.25) is 4.79 Å². The lowest BCUT2D eigenvalue weighted by molar-refractivity contribution is 0.102. The molecule has 0 aliphatic heterocycles. The van der Waals surface area contributed by atoms with Crippen LogP contribution in [0.5, 0.6) is 0 Å². The molecule has 3 aromatic carbocycles. The summed E-state index contributed by atoms with van der Waals surface area (Å²) >= 11 is 0. The maximum absolute atomic E-state index is 12.4. The van der Waals surface area contributed by atoms with E-state index in [1.54, 1.807) is 24.3 Å². The van der Waals surface area contributed by atoms with Crippen molar-refractivity contribution in [2.75, 3.05) is 5.32 Å². The van der Waals surface area contributed by atoms with Gasteiger partial charge in [-0.05, 0) is 60.5 Å². The molecule has 4 aromatic rings. The maximum Gasteiger partial charge on any atom is 0.255 e.